The zero-order chi connectivity index (χ0) is 13.4. The molecule has 0 fully saturated rings. The van der Waals surface area contributed by atoms with Crippen LogP contribution in [0.3, 0.4) is 0 Å². The highest BCUT2D eigenvalue weighted by Crippen LogP contribution is 2.22. The molecule has 0 saturated carbocycles. The SMILES string of the molecule is CCNc1cc(N(CCO)C(CC)CC)ccn1. The fraction of sp³-hybridized carbons (Fsp3) is 0.643. The number of rotatable bonds is 8. The second-order valence-electron chi connectivity index (χ2n) is 4.32. The lowest BCUT2D eigenvalue weighted by atomic mass is 10.1. The van der Waals surface area contributed by atoms with Gasteiger partial charge in [-0.3, -0.25) is 0 Å². The molecule has 0 amide bonds. The van der Waals surface area contributed by atoms with Gasteiger partial charge in [0.05, 0.1) is 6.61 Å². The predicted molar refractivity (Wildman–Crippen MR) is 77.2 cm³/mol. The molecule has 1 heterocycles. The van der Waals surface area contributed by atoms with Gasteiger partial charge in [0.1, 0.15) is 5.82 Å². The number of anilines is 2. The van der Waals surface area contributed by atoms with E-state index in [1.807, 2.05) is 12.3 Å². The van der Waals surface area contributed by atoms with Crippen LogP contribution in [0.5, 0.6) is 0 Å². The normalized spacial score (nSPS) is 10.7. The minimum atomic E-state index is 0.176. The van der Waals surface area contributed by atoms with Crippen molar-refractivity contribution in [3.63, 3.8) is 0 Å². The van der Waals surface area contributed by atoms with Gasteiger partial charge in [-0.1, -0.05) is 13.8 Å². The molecule has 0 aliphatic heterocycles. The Labute approximate surface area is 110 Å². The fourth-order valence-corrected chi connectivity index (χ4v) is 2.24. The number of aromatic nitrogens is 1. The predicted octanol–water partition coefficient (Wildman–Crippen LogP) is 2.50. The van der Waals surface area contributed by atoms with E-state index in [0.717, 1.165) is 30.9 Å². The second kappa shape index (κ2) is 7.93. The van der Waals surface area contributed by atoms with Crippen molar-refractivity contribution in [2.24, 2.45) is 0 Å². The first-order valence-electron chi connectivity index (χ1n) is 6.84. The van der Waals surface area contributed by atoms with E-state index >= 15 is 0 Å². The number of aliphatic hydroxyl groups excluding tert-OH is 1. The molecule has 0 aliphatic carbocycles. The number of aliphatic hydroxyl groups is 1. The molecule has 1 rings (SSSR count). The number of pyridine rings is 1. The molecule has 18 heavy (non-hydrogen) atoms. The van der Waals surface area contributed by atoms with Gasteiger partial charge in [-0.25, -0.2) is 4.98 Å². The van der Waals surface area contributed by atoms with E-state index in [0.29, 0.717) is 12.6 Å². The molecular weight excluding hydrogens is 226 g/mol. The molecule has 0 unspecified atom stereocenters. The zero-order valence-electron chi connectivity index (χ0n) is 11.7. The molecule has 0 atom stereocenters. The highest BCUT2D eigenvalue weighted by molar-refractivity contribution is 5.54. The van der Waals surface area contributed by atoms with Gasteiger partial charge in [0.2, 0.25) is 0 Å². The van der Waals surface area contributed by atoms with E-state index in [-0.39, 0.29) is 6.61 Å². The molecule has 1 aromatic rings. The van der Waals surface area contributed by atoms with Gasteiger partial charge >= 0.3 is 0 Å². The number of nitrogens with zero attached hydrogens (tertiary/aromatic N) is 2. The average Bonchev–Trinajstić information content (AvgIpc) is 2.40. The van der Waals surface area contributed by atoms with Crippen molar-refractivity contribution in [2.75, 3.05) is 29.9 Å². The van der Waals surface area contributed by atoms with Crippen molar-refractivity contribution in [3.05, 3.63) is 18.3 Å². The monoisotopic (exact) mass is 251 g/mol. The van der Waals surface area contributed by atoms with Crippen LogP contribution in [0.2, 0.25) is 0 Å². The summed E-state index contributed by atoms with van der Waals surface area (Å²) in [4.78, 5) is 6.55. The maximum Gasteiger partial charge on any atom is 0.127 e. The molecule has 4 heteroatoms. The molecule has 0 saturated heterocycles. The molecule has 4 nitrogen and oxygen atoms in total. The standard InChI is InChI=1S/C14H25N3O/c1-4-12(5-2)17(9-10-18)13-7-8-16-14(11-13)15-6-3/h7-8,11-12,18H,4-6,9-10H2,1-3H3,(H,15,16). The van der Waals surface area contributed by atoms with Gasteiger partial charge in [-0.05, 0) is 25.8 Å². The Morgan fingerprint density at radius 2 is 2.06 bits per heavy atom. The van der Waals surface area contributed by atoms with Crippen molar-refractivity contribution in [2.45, 2.75) is 39.7 Å². The highest BCUT2D eigenvalue weighted by atomic mass is 16.3. The van der Waals surface area contributed by atoms with Gasteiger partial charge in [-0.2, -0.15) is 0 Å². The minimum absolute atomic E-state index is 0.176. The average molecular weight is 251 g/mol. The van der Waals surface area contributed by atoms with Gasteiger partial charge < -0.3 is 15.3 Å². The number of nitrogens with one attached hydrogen (secondary N) is 1. The summed E-state index contributed by atoms with van der Waals surface area (Å²) >= 11 is 0. The first-order chi connectivity index (χ1) is 8.76. The number of hydrogen-bond acceptors (Lipinski definition) is 4. The molecule has 102 valence electrons. The van der Waals surface area contributed by atoms with E-state index in [9.17, 15) is 5.11 Å². The third-order valence-corrected chi connectivity index (χ3v) is 3.16. The lowest BCUT2D eigenvalue weighted by Gasteiger charge is -2.32. The summed E-state index contributed by atoms with van der Waals surface area (Å²) in [6, 6.07) is 4.53. The van der Waals surface area contributed by atoms with E-state index in [1.165, 1.54) is 0 Å². The van der Waals surface area contributed by atoms with E-state index in [2.05, 4.69) is 42.0 Å². The van der Waals surface area contributed by atoms with E-state index < -0.39 is 0 Å². The first-order valence-corrected chi connectivity index (χ1v) is 6.84. The van der Waals surface area contributed by atoms with Crippen LogP contribution in [0.15, 0.2) is 18.3 Å². The topological polar surface area (TPSA) is 48.4 Å². The molecule has 0 aromatic carbocycles. The molecule has 0 aliphatic rings. The third kappa shape index (κ3) is 3.88. The van der Waals surface area contributed by atoms with Gasteiger partial charge in [-0.15, -0.1) is 0 Å². The van der Waals surface area contributed by atoms with Crippen LogP contribution >= 0.6 is 0 Å². The van der Waals surface area contributed by atoms with Gasteiger partial charge in [0.15, 0.2) is 0 Å². The van der Waals surface area contributed by atoms with Crippen LogP contribution in [0.4, 0.5) is 11.5 Å². The summed E-state index contributed by atoms with van der Waals surface area (Å²) in [5.74, 6) is 0.892. The Hall–Kier alpha value is -1.29. The maximum absolute atomic E-state index is 9.24. The maximum atomic E-state index is 9.24. The minimum Gasteiger partial charge on any atom is -0.395 e. The highest BCUT2D eigenvalue weighted by Gasteiger charge is 2.15. The Balaban J connectivity index is 2.93. The molecule has 0 bridgehead atoms. The van der Waals surface area contributed by atoms with Crippen LogP contribution in [-0.4, -0.2) is 35.8 Å². The molecule has 1 aromatic heterocycles. The Morgan fingerprint density at radius 1 is 1.33 bits per heavy atom. The fourth-order valence-electron chi connectivity index (χ4n) is 2.24. The van der Waals surface area contributed by atoms with Crippen molar-refractivity contribution in [3.8, 4) is 0 Å². The number of hydrogen-bond donors (Lipinski definition) is 2. The van der Waals surface area contributed by atoms with E-state index in [1.54, 1.807) is 0 Å². The lowest BCUT2D eigenvalue weighted by molar-refractivity contribution is 0.296. The largest absolute Gasteiger partial charge is 0.395 e. The summed E-state index contributed by atoms with van der Waals surface area (Å²) in [5, 5.41) is 12.5. The van der Waals surface area contributed by atoms with Crippen LogP contribution in [0, 0.1) is 0 Å². The third-order valence-electron chi connectivity index (χ3n) is 3.16. The van der Waals surface area contributed by atoms with Crippen LogP contribution in [0.1, 0.15) is 33.6 Å². The Morgan fingerprint density at radius 3 is 2.61 bits per heavy atom. The summed E-state index contributed by atoms with van der Waals surface area (Å²) in [6.45, 7) is 8.13. The van der Waals surface area contributed by atoms with Crippen molar-refractivity contribution < 1.29 is 5.11 Å². The van der Waals surface area contributed by atoms with Crippen LogP contribution in [0.25, 0.3) is 0 Å². The van der Waals surface area contributed by atoms with Crippen LogP contribution < -0.4 is 10.2 Å². The van der Waals surface area contributed by atoms with Crippen molar-refractivity contribution in [1.29, 1.82) is 0 Å². The summed E-state index contributed by atoms with van der Waals surface area (Å²) < 4.78 is 0. The summed E-state index contributed by atoms with van der Waals surface area (Å²) in [6.07, 6.45) is 3.98. The molecule has 2 N–H and O–H groups in total. The lowest BCUT2D eigenvalue weighted by Crippen LogP contribution is -2.36. The summed E-state index contributed by atoms with van der Waals surface area (Å²) in [5.41, 5.74) is 1.13. The van der Waals surface area contributed by atoms with Crippen molar-refractivity contribution in [1.82, 2.24) is 4.98 Å². The van der Waals surface area contributed by atoms with Gasteiger partial charge in [0.25, 0.3) is 0 Å². The summed E-state index contributed by atoms with van der Waals surface area (Å²) in [7, 11) is 0. The molecule has 0 spiro atoms. The quantitative estimate of drug-likeness (QED) is 0.745. The first kappa shape index (κ1) is 14.8. The molecular formula is C14H25N3O. The zero-order valence-corrected chi connectivity index (χ0v) is 11.7. The van der Waals surface area contributed by atoms with Crippen molar-refractivity contribution >= 4 is 11.5 Å². The Kier molecular flexibility index (Phi) is 6.50. The van der Waals surface area contributed by atoms with E-state index in [4.69, 9.17) is 0 Å². The molecule has 0 radical (unpaired) electrons. The second-order valence-corrected chi connectivity index (χ2v) is 4.32. The van der Waals surface area contributed by atoms with Gasteiger partial charge in [0, 0.05) is 37.1 Å². The smallest absolute Gasteiger partial charge is 0.127 e. The van der Waals surface area contributed by atoms with Crippen LogP contribution in [-0.2, 0) is 0 Å². The Bertz CT molecular complexity index is 340.